The SMILES string of the molecule is CC(C)OC(=O)N(CCCN)CCCN(CCCCN(CCCNC(=O)OC(C)(C)C)C(=O)OC(C)(C)C)C(=O)OC(C)(C)C. The van der Waals surface area contributed by atoms with E-state index < -0.39 is 41.2 Å². The fourth-order valence-electron chi connectivity index (χ4n) is 3.93. The highest BCUT2D eigenvalue weighted by molar-refractivity contribution is 5.69. The van der Waals surface area contributed by atoms with Gasteiger partial charge < -0.3 is 44.7 Å². The maximum absolute atomic E-state index is 13.0. The fraction of sp³-hybridized carbons (Fsp3) is 0.875. The molecule has 0 aromatic heterocycles. The highest BCUT2D eigenvalue weighted by Crippen LogP contribution is 2.14. The zero-order valence-electron chi connectivity index (χ0n) is 30.0. The first-order valence-electron chi connectivity index (χ1n) is 16.2. The summed E-state index contributed by atoms with van der Waals surface area (Å²) < 4.78 is 21.9. The Morgan fingerprint density at radius 2 is 0.956 bits per heavy atom. The van der Waals surface area contributed by atoms with Crippen molar-refractivity contribution in [3.05, 3.63) is 0 Å². The van der Waals surface area contributed by atoms with E-state index in [1.165, 1.54) is 0 Å². The molecule has 0 spiro atoms. The lowest BCUT2D eigenvalue weighted by Crippen LogP contribution is -2.41. The first-order chi connectivity index (χ1) is 20.6. The number of nitrogens with two attached hydrogens (primary N) is 1. The normalized spacial score (nSPS) is 11.9. The summed E-state index contributed by atoms with van der Waals surface area (Å²) in [7, 11) is 0. The molecule has 0 atom stereocenters. The number of hydrogen-bond donors (Lipinski definition) is 2. The van der Waals surface area contributed by atoms with Crippen molar-refractivity contribution in [1.29, 1.82) is 0 Å². The molecule has 13 nitrogen and oxygen atoms in total. The molecular weight excluding hydrogens is 582 g/mol. The number of nitrogens with one attached hydrogen (secondary N) is 1. The Morgan fingerprint density at radius 1 is 0.578 bits per heavy atom. The standard InChI is InChI=1S/C32H63N5O8/c1-25(2)42-27(39)35(21-14-17-33)23-16-24-37(29(41)45-32(9,10)11)20-13-12-19-36(28(40)44-31(6,7)8)22-15-18-34-26(38)43-30(3,4)5/h25H,12-24,33H2,1-11H3,(H,34,38). The zero-order chi connectivity index (χ0) is 34.8. The molecule has 0 aliphatic carbocycles. The van der Waals surface area contributed by atoms with Gasteiger partial charge in [0.25, 0.3) is 0 Å². The van der Waals surface area contributed by atoms with Crippen LogP contribution in [0.4, 0.5) is 19.2 Å². The minimum Gasteiger partial charge on any atom is -0.447 e. The lowest BCUT2D eigenvalue weighted by atomic mass is 10.2. The van der Waals surface area contributed by atoms with Crippen molar-refractivity contribution >= 4 is 24.4 Å². The lowest BCUT2D eigenvalue weighted by Gasteiger charge is -2.30. The van der Waals surface area contributed by atoms with E-state index >= 15 is 0 Å². The van der Waals surface area contributed by atoms with Gasteiger partial charge in [0.15, 0.2) is 0 Å². The minimum atomic E-state index is -0.662. The molecular formula is C32H63N5O8. The van der Waals surface area contributed by atoms with Gasteiger partial charge in [0.1, 0.15) is 16.8 Å². The Labute approximate surface area is 271 Å². The second kappa shape index (κ2) is 20.2. The predicted molar refractivity (Wildman–Crippen MR) is 175 cm³/mol. The molecule has 0 saturated carbocycles. The van der Waals surface area contributed by atoms with Crippen LogP contribution in [0.1, 0.15) is 108 Å². The van der Waals surface area contributed by atoms with Crippen molar-refractivity contribution in [3.8, 4) is 0 Å². The third-order valence-electron chi connectivity index (χ3n) is 5.77. The molecule has 0 unspecified atom stereocenters. The molecule has 45 heavy (non-hydrogen) atoms. The largest absolute Gasteiger partial charge is 0.447 e. The van der Waals surface area contributed by atoms with Crippen LogP contribution in [0.15, 0.2) is 0 Å². The van der Waals surface area contributed by atoms with Crippen molar-refractivity contribution in [1.82, 2.24) is 20.0 Å². The Hall–Kier alpha value is -2.96. The van der Waals surface area contributed by atoms with Crippen LogP contribution < -0.4 is 11.1 Å². The number of unbranched alkanes of at least 4 members (excludes halogenated alkanes) is 1. The van der Waals surface area contributed by atoms with Crippen molar-refractivity contribution in [2.24, 2.45) is 5.73 Å². The van der Waals surface area contributed by atoms with Gasteiger partial charge in [-0.2, -0.15) is 0 Å². The average molecular weight is 646 g/mol. The first kappa shape index (κ1) is 42.0. The number of amides is 4. The second-order valence-electron chi connectivity index (χ2n) is 14.3. The number of alkyl carbamates (subject to hydrolysis) is 1. The average Bonchev–Trinajstić information content (AvgIpc) is 2.84. The predicted octanol–water partition coefficient (Wildman–Crippen LogP) is 5.74. The van der Waals surface area contributed by atoms with Crippen LogP contribution in [0.2, 0.25) is 0 Å². The molecule has 0 fully saturated rings. The summed E-state index contributed by atoms with van der Waals surface area (Å²) >= 11 is 0. The van der Waals surface area contributed by atoms with Gasteiger partial charge in [-0.1, -0.05) is 0 Å². The fourth-order valence-corrected chi connectivity index (χ4v) is 3.93. The van der Waals surface area contributed by atoms with Gasteiger partial charge in [0, 0.05) is 45.8 Å². The topological polar surface area (TPSA) is 153 Å². The van der Waals surface area contributed by atoms with Crippen molar-refractivity contribution in [3.63, 3.8) is 0 Å². The molecule has 0 rings (SSSR count). The molecule has 13 heteroatoms. The van der Waals surface area contributed by atoms with Gasteiger partial charge in [-0.15, -0.1) is 0 Å². The molecule has 0 aliphatic heterocycles. The maximum atomic E-state index is 13.0. The Bertz CT molecular complexity index is 893. The van der Waals surface area contributed by atoms with Gasteiger partial charge >= 0.3 is 24.4 Å². The van der Waals surface area contributed by atoms with E-state index in [9.17, 15) is 19.2 Å². The smallest absolute Gasteiger partial charge is 0.410 e. The van der Waals surface area contributed by atoms with Gasteiger partial charge in [-0.25, -0.2) is 19.2 Å². The summed E-state index contributed by atoms with van der Waals surface area (Å²) in [5, 5.41) is 2.71. The first-order valence-corrected chi connectivity index (χ1v) is 16.2. The van der Waals surface area contributed by atoms with E-state index in [0.29, 0.717) is 84.5 Å². The summed E-state index contributed by atoms with van der Waals surface area (Å²) in [5.74, 6) is 0. The van der Waals surface area contributed by atoms with Crippen molar-refractivity contribution < 1.29 is 38.1 Å². The highest BCUT2D eigenvalue weighted by atomic mass is 16.6. The van der Waals surface area contributed by atoms with Crippen LogP contribution in [0.5, 0.6) is 0 Å². The molecule has 0 bridgehead atoms. The molecule has 0 heterocycles. The molecule has 264 valence electrons. The highest BCUT2D eigenvalue weighted by Gasteiger charge is 2.25. The number of rotatable bonds is 17. The zero-order valence-corrected chi connectivity index (χ0v) is 30.0. The minimum absolute atomic E-state index is 0.238. The molecule has 0 radical (unpaired) electrons. The molecule has 0 aromatic carbocycles. The molecule has 0 aliphatic rings. The van der Waals surface area contributed by atoms with Crippen LogP contribution >= 0.6 is 0 Å². The summed E-state index contributed by atoms with van der Waals surface area (Å²) in [6.45, 7) is 23.1. The van der Waals surface area contributed by atoms with Crippen LogP contribution in [-0.4, -0.2) is 114 Å². The number of ether oxygens (including phenoxy) is 4. The van der Waals surface area contributed by atoms with Gasteiger partial charge in [-0.3, -0.25) is 0 Å². The molecule has 3 N–H and O–H groups in total. The Morgan fingerprint density at radius 3 is 1.36 bits per heavy atom. The molecule has 0 saturated heterocycles. The van der Waals surface area contributed by atoms with Crippen LogP contribution in [0, 0.1) is 0 Å². The molecule has 4 amide bonds. The van der Waals surface area contributed by atoms with E-state index in [4.69, 9.17) is 24.7 Å². The number of carbonyl (C=O) groups is 4. The van der Waals surface area contributed by atoms with E-state index in [-0.39, 0.29) is 6.10 Å². The molecule has 0 aromatic rings. The van der Waals surface area contributed by atoms with E-state index in [1.54, 1.807) is 49.3 Å². The Kier molecular flexibility index (Phi) is 18.9. The van der Waals surface area contributed by atoms with Crippen LogP contribution in [-0.2, 0) is 18.9 Å². The Balaban J connectivity index is 5.26. The van der Waals surface area contributed by atoms with Crippen molar-refractivity contribution in [2.75, 3.05) is 52.4 Å². The monoisotopic (exact) mass is 645 g/mol. The summed E-state index contributed by atoms with van der Waals surface area (Å²) in [4.78, 5) is 55.4. The van der Waals surface area contributed by atoms with Crippen LogP contribution in [0.3, 0.4) is 0 Å². The lowest BCUT2D eigenvalue weighted by molar-refractivity contribution is 0.0203. The van der Waals surface area contributed by atoms with Gasteiger partial charge in [0.05, 0.1) is 6.10 Å². The van der Waals surface area contributed by atoms with Gasteiger partial charge in [-0.05, 0) is 115 Å². The quantitative estimate of drug-likeness (QED) is 0.149. The third kappa shape index (κ3) is 23.1. The van der Waals surface area contributed by atoms with E-state index in [2.05, 4.69) is 5.32 Å². The summed E-state index contributed by atoms with van der Waals surface area (Å²) in [6.07, 6.45) is 0.911. The number of nitrogens with zero attached hydrogens (tertiary/aromatic N) is 3. The van der Waals surface area contributed by atoms with Crippen molar-refractivity contribution in [2.45, 2.75) is 131 Å². The second-order valence-corrected chi connectivity index (χ2v) is 14.3. The maximum Gasteiger partial charge on any atom is 0.410 e. The van der Waals surface area contributed by atoms with Crippen LogP contribution in [0.25, 0.3) is 0 Å². The third-order valence-corrected chi connectivity index (χ3v) is 5.77. The van der Waals surface area contributed by atoms with E-state index in [1.807, 2.05) is 41.5 Å². The summed E-state index contributed by atoms with van der Waals surface area (Å²) in [5.41, 5.74) is 3.74. The number of carbonyl (C=O) groups excluding carboxylic acids is 4. The number of hydrogen-bond acceptors (Lipinski definition) is 9. The van der Waals surface area contributed by atoms with E-state index in [0.717, 1.165) is 0 Å². The summed E-state index contributed by atoms with van der Waals surface area (Å²) in [6, 6.07) is 0. The van der Waals surface area contributed by atoms with Gasteiger partial charge in [0.2, 0.25) is 0 Å².